The van der Waals surface area contributed by atoms with Crippen molar-refractivity contribution in [1.29, 1.82) is 0 Å². The summed E-state index contributed by atoms with van der Waals surface area (Å²) in [4.78, 5) is 5.11. The lowest BCUT2D eigenvalue weighted by molar-refractivity contribution is 0.628. The molecule has 2 heterocycles. The quantitative estimate of drug-likeness (QED) is 0.378. The molecule has 0 saturated heterocycles. The fourth-order valence-corrected chi connectivity index (χ4v) is 4.66. The molecule has 6 rings (SSSR count). The summed E-state index contributed by atoms with van der Waals surface area (Å²) in [5.41, 5.74) is 7.51. The Hall–Kier alpha value is -3.53. The van der Waals surface area contributed by atoms with Gasteiger partial charge in [0, 0.05) is 16.5 Å². The molecule has 0 atom stereocenters. The van der Waals surface area contributed by atoms with E-state index in [0.29, 0.717) is 0 Å². The van der Waals surface area contributed by atoms with E-state index in [1.165, 1.54) is 39.4 Å². The van der Waals surface area contributed by atoms with Gasteiger partial charge in [0.1, 0.15) is 5.82 Å². The standard InChI is InChI=1S/C25H18FN3/c26-17-11-8-16(9-12-17)24-21(14-27-29-24)25-20-7-3-6-19(20)23-18-5-2-1-4-15(18)10-13-22(23)28-25/h1-2,4-5,8-14H,3,6-7H2,(H,27,29). The van der Waals surface area contributed by atoms with Crippen molar-refractivity contribution in [2.45, 2.75) is 19.3 Å². The van der Waals surface area contributed by atoms with Crippen LogP contribution in [0.25, 0.3) is 44.2 Å². The molecule has 0 fully saturated rings. The second kappa shape index (κ2) is 6.24. The number of pyridine rings is 1. The van der Waals surface area contributed by atoms with Gasteiger partial charge in [-0.25, -0.2) is 9.37 Å². The van der Waals surface area contributed by atoms with Crippen molar-refractivity contribution in [3.63, 3.8) is 0 Å². The first-order chi connectivity index (χ1) is 14.3. The van der Waals surface area contributed by atoms with Crippen LogP contribution in [0.4, 0.5) is 4.39 Å². The average Bonchev–Trinajstić information content (AvgIpc) is 3.43. The van der Waals surface area contributed by atoms with Crippen LogP contribution < -0.4 is 0 Å². The molecule has 1 aliphatic carbocycles. The van der Waals surface area contributed by atoms with Gasteiger partial charge in [0.15, 0.2) is 0 Å². The van der Waals surface area contributed by atoms with Crippen LogP contribution >= 0.6 is 0 Å². The Kier molecular flexibility index (Phi) is 3.54. The third-order valence-electron chi connectivity index (χ3n) is 5.97. The van der Waals surface area contributed by atoms with Crippen LogP contribution in [0.3, 0.4) is 0 Å². The minimum absolute atomic E-state index is 0.244. The number of nitrogens with one attached hydrogen (secondary N) is 1. The van der Waals surface area contributed by atoms with E-state index >= 15 is 0 Å². The van der Waals surface area contributed by atoms with Crippen molar-refractivity contribution in [3.05, 3.63) is 83.8 Å². The van der Waals surface area contributed by atoms with E-state index in [1.54, 1.807) is 12.1 Å². The molecule has 0 amide bonds. The van der Waals surface area contributed by atoms with E-state index in [4.69, 9.17) is 4.98 Å². The third-order valence-corrected chi connectivity index (χ3v) is 5.97. The summed E-state index contributed by atoms with van der Waals surface area (Å²) < 4.78 is 13.4. The van der Waals surface area contributed by atoms with Gasteiger partial charge in [-0.2, -0.15) is 5.10 Å². The van der Waals surface area contributed by atoms with Crippen LogP contribution in [0, 0.1) is 5.82 Å². The maximum Gasteiger partial charge on any atom is 0.123 e. The Bertz CT molecular complexity index is 1380. The highest BCUT2D eigenvalue weighted by atomic mass is 19.1. The first kappa shape index (κ1) is 16.4. The number of aromatic nitrogens is 3. The summed E-state index contributed by atoms with van der Waals surface area (Å²) in [7, 11) is 0. The number of fused-ring (bicyclic) bond motifs is 5. The average molecular weight is 379 g/mol. The highest BCUT2D eigenvalue weighted by Crippen LogP contribution is 2.40. The van der Waals surface area contributed by atoms with E-state index in [9.17, 15) is 4.39 Å². The van der Waals surface area contributed by atoms with Crippen molar-refractivity contribution in [3.8, 4) is 22.5 Å². The van der Waals surface area contributed by atoms with E-state index < -0.39 is 0 Å². The molecule has 29 heavy (non-hydrogen) atoms. The lowest BCUT2D eigenvalue weighted by Crippen LogP contribution is -1.97. The Labute approximate surface area is 167 Å². The maximum atomic E-state index is 13.4. The van der Waals surface area contributed by atoms with E-state index in [2.05, 4.69) is 46.6 Å². The zero-order chi connectivity index (χ0) is 19.4. The number of halogens is 1. The van der Waals surface area contributed by atoms with E-state index in [-0.39, 0.29) is 5.82 Å². The Morgan fingerprint density at radius 2 is 1.69 bits per heavy atom. The lowest BCUT2D eigenvalue weighted by atomic mass is 9.94. The normalized spacial score (nSPS) is 13.3. The molecule has 0 unspecified atom stereocenters. The topological polar surface area (TPSA) is 41.6 Å². The predicted molar refractivity (Wildman–Crippen MR) is 114 cm³/mol. The van der Waals surface area contributed by atoms with Crippen LogP contribution in [0.15, 0.2) is 66.9 Å². The van der Waals surface area contributed by atoms with Crippen LogP contribution in [0.1, 0.15) is 17.5 Å². The summed E-state index contributed by atoms with van der Waals surface area (Å²) in [5, 5.41) is 11.2. The minimum atomic E-state index is -0.244. The molecule has 0 aliphatic heterocycles. The van der Waals surface area contributed by atoms with Crippen LogP contribution in [-0.4, -0.2) is 15.2 Å². The molecule has 5 aromatic rings. The summed E-state index contributed by atoms with van der Waals surface area (Å²) in [6.07, 6.45) is 5.06. The second-order valence-electron chi connectivity index (χ2n) is 7.62. The minimum Gasteiger partial charge on any atom is -0.277 e. The summed E-state index contributed by atoms with van der Waals surface area (Å²) in [6.45, 7) is 0. The third kappa shape index (κ3) is 2.49. The lowest BCUT2D eigenvalue weighted by Gasteiger charge is -2.14. The molecule has 0 spiro atoms. The number of aromatic amines is 1. The van der Waals surface area contributed by atoms with Crippen molar-refractivity contribution in [2.75, 3.05) is 0 Å². The molecule has 0 bridgehead atoms. The second-order valence-corrected chi connectivity index (χ2v) is 7.62. The van der Waals surface area contributed by atoms with Crippen LogP contribution in [0.5, 0.6) is 0 Å². The summed E-state index contributed by atoms with van der Waals surface area (Å²) >= 11 is 0. The largest absolute Gasteiger partial charge is 0.277 e. The number of rotatable bonds is 2. The van der Waals surface area contributed by atoms with Crippen molar-refractivity contribution in [1.82, 2.24) is 15.2 Å². The van der Waals surface area contributed by atoms with Crippen LogP contribution in [0.2, 0.25) is 0 Å². The summed E-state index contributed by atoms with van der Waals surface area (Å²) in [6, 6.07) is 19.3. The number of nitrogens with zero attached hydrogens (tertiary/aromatic N) is 2. The van der Waals surface area contributed by atoms with Gasteiger partial charge < -0.3 is 0 Å². The monoisotopic (exact) mass is 379 g/mol. The predicted octanol–water partition coefficient (Wildman–Crippen LogP) is 6.07. The van der Waals surface area contributed by atoms with E-state index in [1.807, 2.05) is 6.20 Å². The van der Waals surface area contributed by atoms with Crippen molar-refractivity contribution < 1.29 is 4.39 Å². The van der Waals surface area contributed by atoms with Gasteiger partial charge in [0.05, 0.1) is 23.1 Å². The molecule has 140 valence electrons. The molecule has 3 nitrogen and oxygen atoms in total. The molecule has 3 aromatic carbocycles. The number of hydrogen-bond acceptors (Lipinski definition) is 2. The van der Waals surface area contributed by atoms with E-state index in [0.717, 1.165) is 47.3 Å². The molecule has 1 aliphatic rings. The molecular formula is C25H18FN3. The molecule has 1 N–H and O–H groups in total. The molecule has 4 heteroatoms. The van der Waals surface area contributed by atoms with Gasteiger partial charge in [-0.3, -0.25) is 5.10 Å². The fourth-order valence-electron chi connectivity index (χ4n) is 4.66. The first-order valence-corrected chi connectivity index (χ1v) is 9.92. The number of hydrogen-bond donors (Lipinski definition) is 1. The summed E-state index contributed by atoms with van der Waals surface area (Å²) in [5.74, 6) is -0.244. The van der Waals surface area contributed by atoms with Gasteiger partial charge in [-0.15, -0.1) is 0 Å². The van der Waals surface area contributed by atoms with Gasteiger partial charge in [0.25, 0.3) is 0 Å². The van der Waals surface area contributed by atoms with Gasteiger partial charge in [-0.1, -0.05) is 30.3 Å². The van der Waals surface area contributed by atoms with Gasteiger partial charge in [0.2, 0.25) is 0 Å². The zero-order valence-corrected chi connectivity index (χ0v) is 15.7. The van der Waals surface area contributed by atoms with Crippen molar-refractivity contribution in [2.24, 2.45) is 0 Å². The van der Waals surface area contributed by atoms with Crippen LogP contribution in [-0.2, 0) is 12.8 Å². The highest BCUT2D eigenvalue weighted by molar-refractivity contribution is 6.09. The smallest absolute Gasteiger partial charge is 0.123 e. The molecule has 2 aromatic heterocycles. The highest BCUT2D eigenvalue weighted by Gasteiger charge is 2.24. The Balaban J connectivity index is 1.64. The number of benzene rings is 3. The van der Waals surface area contributed by atoms with Crippen molar-refractivity contribution >= 4 is 21.7 Å². The Morgan fingerprint density at radius 1 is 0.862 bits per heavy atom. The maximum absolute atomic E-state index is 13.4. The van der Waals surface area contributed by atoms with Gasteiger partial charge >= 0.3 is 0 Å². The SMILES string of the molecule is Fc1ccc(-c2[nH]ncc2-c2nc3ccc4ccccc4c3c3c2CCC3)cc1. The molecule has 0 saturated carbocycles. The molecular weight excluding hydrogens is 361 g/mol. The molecule has 0 radical (unpaired) electrons. The number of H-pyrrole nitrogens is 1. The fraction of sp³-hybridized carbons (Fsp3) is 0.120. The number of aryl methyl sites for hydroxylation is 1. The first-order valence-electron chi connectivity index (χ1n) is 9.92. The zero-order valence-electron chi connectivity index (χ0n) is 15.7. The van der Waals surface area contributed by atoms with Gasteiger partial charge in [-0.05, 0) is 71.5 Å². The Morgan fingerprint density at radius 3 is 2.59 bits per heavy atom.